The standard InChI is InChI=1S/C13H10N4OS2/c18-11-9-7-2-1-5-19-13(7)20-12(9)17-10(16-11)8-6-14-3-4-15-8/h3-4,6H,1-2,5H2,(H,16,17,18). The molecule has 0 saturated carbocycles. The molecule has 100 valence electrons. The molecule has 0 unspecified atom stereocenters. The first-order chi connectivity index (χ1) is 9.83. The van der Waals surface area contributed by atoms with Crippen LogP contribution >= 0.6 is 23.1 Å². The highest BCUT2D eigenvalue weighted by atomic mass is 32.2. The van der Waals surface area contributed by atoms with E-state index in [-0.39, 0.29) is 5.56 Å². The summed E-state index contributed by atoms with van der Waals surface area (Å²) in [7, 11) is 0. The summed E-state index contributed by atoms with van der Waals surface area (Å²) < 4.78 is 1.24. The number of nitrogens with zero attached hydrogens (tertiary/aromatic N) is 3. The third-order valence-corrected chi connectivity index (χ3v) is 5.76. The summed E-state index contributed by atoms with van der Waals surface area (Å²) in [6.45, 7) is 0. The molecular weight excluding hydrogens is 292 g/mol. The van der Waals surface area contributed by atoms with Crippen LogP contribution in [0.3, 0.4) is 0 Å². The van der Waals surface area contributed by atoms with Crippen molar-refractivity contribution < 1.29 is 0 Å². The van der Waals surface area contributed by atoms with Gasteiger partial charge in [-0.3, -0.25) is 9.78 Å². The third kappa shape index (κ3) is 1.85. The highest BCUT2D eigenvalue weighted by Crippen LogP contribution is 2.40. The molecule has 0 aromatic carbocycles. The van der Waals surface area contributed by atoms with E-state index in [9.17, 15) is 4.79 Å². The minimum absolute atomic E-state index is 0.0735. The van der Waals surface area contributed by atoms with Crippen LogP contribution in [0.15, 0.2) is 27.6 Å². The van der Waals surface area contributed by atoms with Gasteiger partial charge in [0, 0.05) is 12.4 Å². The Hall–Kier alpha value is -1.73. The molecule has 0 radical (unpaired) electrons. The smallest absolute Gasteiger partial charge is 0.260 e. The maximum absolute atomic E-state index is 12.4. The van der Waals surface area contributed by atoms with Crippen LogP contribution in [0.25, 0.3) is 21.7 Å². The molecule has 0 spiro atoms. The number of nitrogens with one attached hydrogen (secondary N) is 1. The predicted octanol–water partition coefficient (Wildman–Crippen LogP) is 2.48. The predicted molar refractivity (Wildman–Crippen MR) is 80.3 cm³/mol. The van der Waals surface area contributed by atoms with Gasteiger partial charge in [-0.2, -0.15) is 0 Å². The second-order valence-electron chi connectivity index (χ2n) is 4.51. The first-order valence-electron chi connectivity index (χ1n) is 6.28. The molecule has 0 bridgehead atoms. The molecule has 0 aliphatic carbocycles. The van der Waals surface area contributed by atoms with Gasteiger partial charge in [-0.05, 0) is 24.2 Å². The highest BCUT2D eigenvalue weighted by molar-refractivity contribution is 8.01. The van der Waals surface area contributed by atoms with Gasteiger partial charge in [0.25, 0.3) is 5.56 Å². The number of aryl methyl sites for hydroxylation is 1. The van der Waals surface area contributed by atoms with Crippen LogP contribution in [0.5, 0.6) is 0 Å². The van der Waals surface area contributed by atoms with Gasteiger partial charge >= 0.3 is 0 Å². The third-order valence-electron chi connectivity index (χ3n) is 3.23. The zero-order valence-corrected chi connectivity index (χ0v) is 12.1. The monoisotopic (exact) mass is 302 g/mol. The molecule has 3 aromatic heterocycles. The second kappa shape index (κ2) is 4.68. The number of hydrogen-bond acceptors (Lipinski definition) is 6. The SMILES string of the molecule is O=c1[nH]c(-c2cnccn2)nc2sc3c(c12)CCCS3. The van der Waals surface area contributed by atoms with Gasteiger partial charge in [0.2, 0.25) is 0 Å². The summed E-state index contributed by atoms with van der Waals surface area (Å²) in [5.41, 5.74) is 1.68. The summed E-state index contributed by atoms with van der Waals surface area (Å²) >= 11 is 3.43. The number of thioether (sulfide) groups is 1. The maximum Gasteiger partial charge on any atom is 0.260 e. The molecular formula is C13H10N4OS2. The summed E-state index contributed by atoms with van der Waals surface area (Å²) in [6, 6.07) is 0. The van der Waals surface area contributed by atoms with Crippen molar-refractivity contribution in [1.82, 2.24) is 19.9 Å². The van der Waals surface area contributed by atoms with E-state index in [2.05, 4.69) is 19.9 Å². The van der Waals surface area contributed by atoms with Crippen molar-refractivity contribution in [3.63, 3.8) is 0 Å². The Morgan fingerprint density at radius 3 is 3.10 bits per heavy atom. The molecule has 20 heavy (non-hydrogen) atoms. The molecule has 3 aromatic rings. The number of aromatic nitrogens is 4. The van der Waals surface area contributed by atoms with Crippen LogP contribution in [0, 0.1) is 0 Å². The fourth-order valence-electron chi connectivity index (χ4n) is 2.34. The van der Waals surface area contributed by atoms with Crippen molar-refractivity contribution in [3.05, 3.63) is 34.5 Å². The van der Waals surface area contributed by atoms with E-state index >= 15 is 0 Å². The van der Waals surface area contributed by atoms with Crippen LogP contribution in [-0.4, -0.2) is 25.7 Å². The van der Waals surface area contributed by atoms with Gasteiger partial charge in [0.15, 0.2) is 5.82 Å². The van der Waals surface area contributed by atoms with E-state index in [1.807, 2.05) is 11.8 Å². The molecule has 0 saturated heterocycles. The van der Waals surface area contributed by atoms with Crippen LogP contribution < -0.4 is 5.56 Å². The molecule has 4 heterocycles. The van der Waals surface area contributed by atoms with Crippen LogP contribution in [0.4, 0.5) is 0 Å². The molecule has 5 nitrogen and oxygen atoms in total. The number of fused-ring (bicyclic) bond motifs is 3. The highest BCUT2D eigenvalue weighted by Gasteiger charge is 2.20. The Balaban J connectivity index is 1.97. The lowest BCUT2D eigenvalue weighted by Gasteiger charge is -2.09. The van der Waals surface area contributed by atoms with Gasteiger partial charge in [-0.15, -0.1) is 23.1 Å². The Morgan fingerprint density at radius 2 is 2.25 bits per heavy atom. The Morgan fingerprint density at radius 1 is 1.30 bits per heavy atom. The van der Waals surface area contributed by atoms with E-state index in [4.69, 9.17) is 0 Å². The minimum atomic E-state index is -0.0735. The first-order valence-corrected chi connectivity index (χ1v) is 8.08. The lowest BCUT2D eigenvalue weighted by atomic mass is 10.1. The first kappa shape index (κ1) is 12.0. The lowest BCUT2D eigenvalue weighted by molar-refractivity contribution is 0.910. The molecule has 1 aliphatic heterocycles. The average molecular weight is 302 g/mol. The van der Waals surface area contributed by atoms with Crippen LogP contribution in [-0.2, 0) is 6.42 Å². The summed E-state index contributed by atoms with van der Waals surface area (Å²) in [5, 5.41) is 0.754. The van der Waals surface area contributed by atoms with E-state index < -0.39 is 0 Å². The average Bonchev–Trinajstić information content (AvgIpc) is 2.87. The summed E-state index contributed by atoms with van der Waals surface area (Å²) in [5.74, 6) is 1.61. The quantitative estimate of drug-likeness (QED) is 0.747. The topological polar surface area (TPSA) is 71.5 Å². The summed E-state index contributed by atoms with van der Waals surface area (Å²) in [4.78, 5) is 28.7. The zero-order chi connectivity index (χ0) is 13.5. The number of aromatic amines is 1. The van der Waals surface area contributed by atoms with E-state index in [0.717, 1.165) is 28.8 Å². The Bertz CT molecular complexity index is 841. The van der Waals surface area contributed by atoms with Crippen molar-refractivity contribution in [2.75, 3.05) is 5.75 Å². The number of hydrogen-bond donors (Lipinski definition) is 1. The largest absolute Gasteiger partial charge is 0.305 e. The van der Waals surface area contributed by atoms with Crippen molar-refractivity contribution >= 4 is 33.3 Å². The molecule has 1 aliphatic rings. The number of thiophene rings is 1. The zero-order valence-electron chi connectivity index (χ0n) is 10.4. The van der Waals surface area contributed by atoms with Crippen molar-refractivity contribution in [3.8, 4) is 11.5 Å². The Kier molecular flexibility index (Phi) is 2.82. The number of H-pyrrole nitrogens is 1. The van der Waals surface area contributed by atoms with Gasteiger partial charge in [-0.25, -0.2) is 9.97 Å². The summed E-state index contributed by atoms with van der Waals surface area (Å²) in [6.07, 6.45) is 6.88. The van der Waals surface area contributed by atoms with Gasteiger partial charge in [-0.1, -0.05) is 0 Å². The Labute approximate surface area is 122 Å². The van der Waals surface area contributed by atoms with Crippen LogP contribution in [0.2, 0.25) is 0 Å². The molecule has 1 N–H and O–H groups in total. The second-order valence-corrected chi connectivity index (χ2v) is 6.87. The fraction of sp³-hybridized carbons (Fsp3) is 0.231. The fourth-order valence-corrected chi connectivity index (χ4v) is 4.88. The molecule has 7 heteroatoms. The van der Waals surface area contributed by atoms with Crippen molar-refractivity contribution in [2.45, 2.75) is 17.1 Å². The molecule has 0 amide bonds. The van der Waals surface area contributed by atoms with E-state index in [1.54, 1.807) is 29.9 Å². The molecule has 0 atom stereocenters. The number of rotatable bonds is 1. The minimum Gasteiger partial charge on any atom is -0.305 e. The van der Waals surface area contributed by atoms with Gasteiger partial charge < -0.3 is 4.98 Å². The van der Waals surface area contributed by atoms with Gasteiger partial charge in [0.1, 0.15) is 10.5 Å². The molecule has 4 rings (SSSR count). The van der Waals surface area contributed by atoms with E-state index in [0.29, 0.717) is 11.5 Å². The lowest BCUT2D eigenvalue weighted by Crippen LogP contribution is -2.11. The van der Waals surface area contributed by atoms with E-state index in [1.165, 1.54) is 9.77 Å². The van der Waals surface area contributed by atoms with Crippen molar-refractivity contribution in [2.24, 2.45) is 0 Å². The van der Waals surface area contributed by atoms with Crippen LogP contribution in [0.1, 0.15) is 12.0 Å². The maximum atomic E-state index is 12.4. The van der Waals surface area contributed by atoms with Gasteiger partial charge in [0.05, 0.1) is 15.8 Å². The van der Waals surface area contributed by atoms with Crippen molar-refractivity contribution in [1.29, 1.82) is 0 Å². The normalized spacial score (nSPS) is 14.4. The molecule has 0 fully saturated rings.